The molecule has 0 unspecified atom stereocenters. The first kappa shape index (κ1) is 19.7. The topological polar surface area (TPSA) is 140 Å². The van der Waals surface area contributed by atoms with Crippen molar-refractivity contribution >= 4 is 11.7 Å². The van der Waals surface area contributed by atoms with Crippen LogP contribution in [0.1, 0.15) is 42.1 Å². The first-order valence-electron chi connectivity index (χ1n) is 8.30. The molecular formula is C18H23NO7. The summed E-state index contributed by atoms with van der Waals surface area (Å²) in [5.41, 5.74) is 0.331. The molecule has 1 aliphatic heterocycles. The van der Waals surface area contributed by atoms with Crippen LogP contribution in [0.25, 0.3) is 0 Å². The van der Waals surface area contributed by atoms with Gasteiger partial charge in [0.2, 0.25) is 0 Å². The molecule has 1 heterocycles. The number of oxime groups is 1. The molecule has 0 saturated carbocycles. The van der Waals surface area contributed by atoms with E-state index in [2.05, 4.69) is 5.16 Å². The largest absolute Gasteiger partial charge is 0.508 e. The highest BCUT2D eigenvalue weighted by atomic mass is 16.5. The van der Waals surface area contributed by atoms with Gasteiger partial charge in [0.1, 0.15) is 23.2 Å². The lowest BCUT2D eigenvalue weighted by Crippen LogP contribution is -2.25. The fourth-order valence-electron chi connectivity index (χ4n) is 2.75. The lowest BCUT2D eigenvalue weighted by Gasteiger charge is -2.18. The molecule has 2 rings (SSSR count). The molecular weight excluding hydrogens is 342 g/mol. The monoisotopic (exact) mass is 365 g/mol. The summed E-state index contributed by atoms with van der Waals surface area (Å²) in [6.07, 6.45) is 0.855. The first-order valence-corrected chi connectivity index (χ1v) is 8.30. The molecule has 26 heavy (non-hydrogen) atoms. The molecule has 0 aliphatic carbocycles. The highest BCUT2D eigenvalue weighted by Gasteiger charge is 2.23. The Labute approximate surface area is 150 Å². The van der Waals surface area contributed by atoms with Crippen LogP contribution in [0.15, 0.2) is 29.4 Å². The maximum Gasteiger partial charge on any atom is 0.342 e. The number of phenols is 2. The number of aromatic hydroxyl groups is 2. The number of carbonyl (C=O) groups is 1. The zero-order chi connectivity index (χ0) is 19.3. The lowest BCUT2D eigenvalue weighted by atomic mass is 9.96. The molecule has 8 nitrogen and oxygen atoms in total. The van der Waals surface area contributed by atoms with Crippen LogP contribution in [0.2, 0.25) is 0 Å². The molecule has 0 fully saturated rings. The number of fused-ring (bicyclic) bond motifs is 1. The Morgan fingerprint density at radius 2 is 1.96 bits per heavy atom. The third-order valence-electron chi connectivity index (χ3n) is 4.16. The minimum absolute atomic E-state index is 0.0457. The summed E-state index contributed by atoms with van der Waals surface area (Å²) in [7, 11) is 0. The van der Waals surface area contributed by atoms with E-state index in [1.165, 1.54) is 12.1 Å². The van der Waals surface area contributed by atoms with Crippen molar-refractivity contribution in [1.29, 1.82) is 0 Å². The van der Waals surface area contributed by atoms with Gasteiger partial charge >= 0.3 is 5.97 Å². The summed E-state index contributed by atoms with van der Waals surface area (Å²) in [6.45, 7) is 1.65. The zero-order valence-electron chi connectivity index (χ0n) is 14.4. The summed E-state index contributed by atoms with van der Waals surface area (Å²) < 4.78 is 5.29. The van der Waals surface area contributed by atoms with Gasteiger partial charge in [-0.25, -0.2) is 4.79 Å². The molecule has 142 valence electrons. The van der Waals surface area contributed by atoms with Gasteiger partial charge in [-0.05, 0) is 31.4 Å². The highest BCUT2D eigenvalue weighted by molar-refractivity contribution is 5.97. The third-order valence-corrected chi connectivity index (χ3v) is 4.16. The number of nitrogens with zero attached hydrogens (tertiary/aromatic N) is 1. The Balaban J connectivity index is 2.42. The van der Waals surface area contributed by atoms with Crippen molar-refractivity contribution in [2.75, 3.05) is 0 Å². The Morgan fingerprint density at radius 1 is 1.23 bits per heavy atom. The maximum absolute atomic E-state index is 12.4. The van der Waals surface area contributed by atoms with E-state index in [9.17, 15) is 30.4 Å². The highest BCUT2D eigenvalue weighted by Crippen LogP contribution is 2.29. The number of ether oxygens (including phenoxy) is 1. The van der Waals surface area contributed by atoms with Crippen LogP contribution >= 0.6 is 0 Å². The summed E-state index contributed by atoms with van der Waals surface area (Å²) >= 11 is 0. The second-order valence-corrected chi connectivity index (χ2v) is 6.32. The first-order chi connectivity index (χ1) is 12.3. The van der Waals surface area contributed by atoms with E-state index in [4.69, 9.17) is 4.74 Å². The van der Waals surface area contributed by atoms with Gasteiger partial charge in [-0.2, -0.15) is 0 Å². The summed E-state index contributed by atoms with van der Waals surface area (Å²) in [5, 5.41) is 52.1. The number of benzene rings is 1. The van der Waals surface area contributed by atoms with E-state index in [-0.39, 0.29) is 41.9 Å². The van der Waals surface area contributed by atoms with E-state index in [1.54, 1.807) is 13.0 Å². The molecule has 0 spiro atoms. The van der Waals surface area contributed by atoms with E-state index >= 15 is 0 Å². The average molecular weight is 365 g/mol. The van der Waals surface area contributed by atoms with Gasteiger partial charge in [-0.3, -0.25) is 0 Å². The Morgan fingerprint density at radius 3 is 2.65 bits per heavy atom. The molecule has 1 aromatic rings. The van der Waals surface area contributed by atoms with Crippen molar-refractivity contribution in [2.45, 2.75) is 50.9 Å². The number of cyclic esters (lactones) is 1. The fraction of sp³-hybridized carbons (Fsp3) is 0.444. The second-order valence-electron chi connectivity index (χ2n) is 6.32. The average Bonchev–Trinajstić information content (AvgIpc) is 2.56. The van der Waals surface area contributed by atoms with Crippen LogP contribution in [0.3, 0.4) is 0 Å². The molecule has 5 N–H and O–H groups in total. The minimum Gasteiger partial charge on any atom is -0.508 e. The number of hydrogen-bond donors (Lipinski definition) is 5. The number of carbonyl (C=O) groups excluding carboxylic acids is 1. The number of phenolic OH excluding ortho intramolecular Hbond substituents is 2. The SMILES string of the molecule is C[C@H]1C/C=C/[C@@H](O)[C@@H](O)CCC(=NO)Cc2cc(O)cc(O)c2C(=O)O1. The van der Waals surface area contributed by atoms with Gasteiger partial charge in [0, 0.05) is 18.9 Å². The van der Waals surface area contributed by atoms with Gasteiger partial charge in [-0.1, -0.05) is 17.3 Å². The van der Waals surface area contributed by atoms with Gasteiger partial charge in [-0.15, -0.1) is 0 Å². The van der Waals surface area contributed by atoms with Crippen LogP contribution in [-0.2, 0) is 11.2 Å². The van der Waals surface area contributed by atoms with Crippen LogP contribution in [-0.4, -0.2) is 55.6 Å². The summed E-state index contributed by atoms with van der Waals surface area (Å²) in [6, 6.07) is 2.31. The van der Waals surface area contributed by atoms with E-state index in [0.29, 0.717) is 6.42 Å². The predicted molar refractivity (Wildman–Crippen MR) is 92.6 cm³/mol. The van der Waals surface area contributed by atoms with Crippen LogP contribution in [0.4, 0.5) is 0 Å². The minimum atomic E-state index is -1.10. The molecule has 8 heteroatoms. The summed E-state index contributed by atoms with van der Waals surface area (Å²) in [5.74, 6) is -1.46. The Kier molecular flexibility index (Phi) is 6.59. The maximum atomic E-state index is 12.4. The zero-order valence-corrected chi connectivity index (χ0v) is 14.4. The van der Waals surface area contributed by atoms with Gasteiger partial charge < -0.3 is 30.4 Å². The molecule has 0 aromatic heterocycles. The van der Waals surface area contributed by atoms with Crippen molar-refractivity contribution in [2.24, 2.45) is 5.16 Å². The predicted octanol–water partition coefficient (Wildman–Crippen LogP) is 1.48. The molecule has 0 amide bonds. The second kappa shape index (κ2) is 8.68. The smallest absolute Gasteiger partial charge is 0.342 e. The fourth-order valence-corrected chi connectivity index (χ4v) is 2.75. The Hall–Kier alpha value is -2.58. The van der Waals surface area contributed by atoms with Crippen molar-refractivity contribution in [3.63, 3.8) is 0 Å². The molecule has 0 saturated heterocycles. The van der Waals surface area contributed by atoms with Crippen LogP contribution < -0.4 is 0 Å². The summed E-state index contributed by atoms with van der Waals surface area (Å²) in [4.78, 5) is 12.4. The number of rotatable bonds is 0. The van der Waals surface area contributed by atoms with Crippen molar-refractivity contribution < 1.29 is 35.2 Å². The van der Waals surface area contributed by atoms with E-state index < -0.39 is 30.0 Å². The number of esters is 1. The van der Waals surface area contributed by atoms with Crippen LogP contribution in [0, 0.1) is 0 Å². The van der Waals surface area contributed by atoms with Crippen molar-refractivity contribution in [3.05, 3.63) is 35.4 Å². The van der Waals surface area contributed by atoms with Gasteiger partial charge in [0.15, 0.2) is 0 Å². The molecule has 1 aromatic carbocycles. The van der Waals surface area contributed by atoms with E-state index in [1.807, 2.05) is 0 Å². The standard InChI is InChI=1S/C18H23NO7/c1-10-3-2-4-14(21)15(22)6-5-12(19-25)7-11-8-13(20)9-16(23)17(11)18(24)26-10/h2,4,8-10,14-15,20-23,25H,3,5-7H2,1H3/b4-2+,19-12?/t10-,14+,15-/m0/s1. The quantitative estimate of drug-likeness (QED) is 0.203. The number of aliphatic hydroxyl groups excluding tert-OH is 2. The normalized spacial score (nSPS) is 28.0. The third kappa shape index (κ3) is 4.96. The number of hydrogen-bond acceptors (Lipinski definition) is 8. The Bertz CT molecular complexity index is 714. The van der Waals surface area contributed by atoms with Crippen molar-refractivity contribution in [3.8, 4) is 11.5 Å². The van der Waals surface area contributed by atoms with Crippen molar-refractivity contribution in [1.82, 2.24) is 0 Å². The van der Waals surface area contributed by atoms with E-state index in [0.717, 1.165) is 6.07 Å². The molecule has 3 atom stereocenters. The van der Waals surface area contributed by atoms with Gasteiger partial charge in [0.25, 0.3) is 0 Å². The molecule has 1 aliphatic rings. The lowest BCUT2D eigenvalue weighted by molar-refractivity contribution is 0.0336. The number of aliphatic hydroxyl groups is 2. The molecule has 0 radical (unpaired) electrons. The van der Waals surface area contributed by atoms with Crippen LogP contribution in [0.5, 0.6) is 11.5 Å². The van der Waals surface area contributed by atoms with Gasteiger partial charge in [0.05, 0.1) is 17.9 Å². The molecule has 0 bridgehead atoms.